The quantitative estimate of drug-likeness (QED) is 0.531. The van der Waals surface area contributed by atoms with Crippen LogP contribution in [-0.4, -0.2) is 40.4 Å². The third kappa shape index (κ3) is 6.20. The van der Waals surface area contributed by atoms with E-state index in [2.05, 4.69) is 59.4 Å². The van der Waals surface area contributed by atoms with Crippen LogP contribution < -0.4 is 4.90 Å². The maximum Gasteiger partial charge on any atom is 0.328 e. The van der Waals surface area contributed by atoms with Crippen molar-refractivity contribution in [1.82, 2.24) is 5.16 Å². The van der Waals surface area contributed by atoms with Crippen LogP contribution in [0.1, 0.15) is 43.4 Å². The van der Waals surface area contributed by atoms with Crippen LogP contribution >= 0.6 is 0 Å². The van der Waals surface area contributed by atoms with Gasteiger partial charge in [-0.25, -0.2) is 9.59 Å². The molecule has 0 amide bonds. The first kappa shape index (κ1) is 23.1. The molecule has 7 nitrogen and oxygen atoms in total. The summed E-state index contributed by atoms with van der Waals surface area (Å²) in [6.45, 7) is 4.52. The Balaban J connectivity index is 0.000000312. The average Bonchev–Trinajstić information content (AvgIpc) is 3.24. The Morgan fingerprint density at radius 3 is 2.28 bits per heavy atom. The Morgan fingerprint density at radius 2 is 1.66 bits per heavy atom. The van der Waals surface area contributed by atoms with Crippen LogP contribution in [0.2, 0.25) is 0 Å². The van der Waals surface area contributed by atoms with Crippen molar-refractivity contribution in [3.05, 3.63) is 71.9 Å². The largest absolute Gasteiger partial charge is 0.478 e. The Bertz CT molecular complexity index is 1050. The lowest BCUT2D eigenvalue weighted by molar-refractivity contribution is -0.134. The van der Waals surface area contributed by atoms with E-state index in [1.165, 1.54) is 35.9 Å². The van der Waals surface area contributed by atoms with Crippen LogP contribution in [-0.2, 0) is 16.0 Å². The number of fused-ring (bicyclic) bond motifs is 1. The number of anilines is 1. The number of carboxylic acid groups (broad SMARTS) is 2. The Hall–Kier alpha value is -3.61. The second-order valence-electron chi connectivity index (χ2n) is 7.87. The number of carbonyl (C=O) groups is 2. The monoisotopic (exact) mass is 436 g/mol. The number of piperidine rings is 1. The summed E-state index contributed by atoms with van der Waals surface area (Å²) in [7, 11) is 0. The van der Waals surface area contributed by atoms with Gasteiger partial charge in [0, 0.05) is 36.8 Å². The smallest absolute Gasteiger partial charge is 0.328 e. The molecule has 4 rings (SSSR count). The highest BCUT2D eigenvalue weighted by Gasteiger charge is 2.22. The number of rotatable bonds is 6. The van der Waals surface area contributed by atoms with Gasteiger partial charge >= 0.3 is 11.9 Å². The van der Waals surface area contributed by atoms with Gasteiger partial charge in [0.2, 0.25) is 0 Å². The minimum atomic E-state index is -1.26. The standard InChI is InChI=1S/C21H24N2O.C4H4O4/c1-16(15-17-9-4-2-5-10-17)21-20-18(23-13-6-3-7-14-23)11-8-12-19(20)24-22-21;5-3(6)1-2-4(7)8/h2,4-5,8-12,16H,3,6-7,13-15H2,1H3;1-2H,(H,5,6)(H,7,8). The molecule has 0 spiro atoms. The topological polar surface area (TPSA) is 104 Å². The Labute approximate surface area is 186 Å². The van der Waals surface area contributed by atoms with Crippen LogP contribution in [0, 0.1) is 0 Å². The van der Waals surface area contributed by atoms with Crippen molar-refractivity contribution in [2.24, 2.45) is 0 Å². The van der Waals surface area contributed by atoms with Crippen molar-refractivity contribution < 1.29 is 24.3 Å². The van der Waals surface area contributed by atoms with Crippen molar-refractivity contribution >= 4 is 28.6 Å². The zero-order valence-corrected chi connectivity index (χ0v) is 18.1. The van der Waals surface area contributed by atoms with Gasteiger partial charge in [-0.1, -0.05) is 48.5 Å². The molecule has 1 aliphatic rings. The normalized spacial score (nSPS) is 14.7. The molecule has 1 aromatic heterocycles. The van der Waals surface area contributed by atoms with E-state index < -0.39 is 11.9 Å². The summed E-state index contributed by atoms with van der Waals surface area (Å²) >= 11 is 0. The third-order valence-electron chi connectivity index (χ3n) is 5.42. The van der Waals surface area contributed by atoms with E-state index in [9.17, 15) is 9.59 Å². The van der Waals surface area contributed by atoms with Crippen molar-refractivity contribution in [3.8, 4) is 0 Å². The highest BCUT2D eigenvalue weighted by Crippen LogP contribution is 2.35. The van der Waals surface area contributed by atoms with E-state index in [-0.39, 0.29) is 0 Å². The summed E-state index contributed by atoms with van der Waals surface area (Å²) in [6, 6.07) is 17.0. The van der Waals surface area contributed by atoms with Crippen LogP contribution in [0.25, 0.3) is 11.0 Å². The molecule has 1 saturated heterocycles. The lowest BCUT2D eigenvalue weighted by Gasteiger charge is -2.29. The predicted octanol–water partition coefficient (Wildman–Crippen LogP) is 4.88. The molecule has 168 valence electrons. The van der Waals surface area contributed by atoms with E-state index >= 15 is 0 Å². The second-order valence-corrected chi connectivity index (χ2v) is 7.87. The van der Waals surface area contributed by atoms with E-state index in [0.717, 1.165) is 30.8 Å². The van der Waals surface area contributed by atoms with Crippen molar-refractivity contribution in [2.45, 2.75) is 38.5 Å². The first-order valence-corrected chi connectivity index (χ1v) is 10.8. The van der Waals surface area contributed by atoms with E-state index in [1.54, 1.807) is 0 Å². The Morgan fingerprint density at radius 1 is 1.00 bits per heavy atom. The summed E-state index contributed by atoms with van der Waals surface area (Å²) in [4.78, 5) is 21.6. The van der Waals surface area contributed by atoms with Gasteiger partial charge in [-0.3, -0.25) is 0 Å². The van der Waals surface area contributed by atoms with E-state index in [1.807, 2.05) is 6.07 Å². The zero-order valence-electron chi connectivity index (χ0n) is 18.1. The molecule has 3 aromatic rings. The number of nitrogens with zero attached hydrogens (tertiary/aromatic N) is 2. The highest BCUT2D eigenvalue weighted by atomic mass is 16.5. The van der Waals surface area contributed by atoms with Gasteiger partial charge in [-0.05, 0) is 43.4 Å². The van der Waals surface area contributed by atoms with Crippen LogP contribution in [0.15, 0.2) is 65.2 Å². The first-order valence-electron chi connectivity index (χ1n) is 10.8. The minimum absolute atomic E-state index is 0.333. The van der Waals surface area contributed by atoms with E-state index in [0.29, 0.717) is 18.1 Å². The lowest BCUT2D eigenvalue weighted by Crippen LogP contribution is -2.29. The maximum atomic E-state index is 9.55. The summed E-state index contributed by atoms with van der Waals surface area (Å²) in [6.07, 6.45) is 5.99. The van der Waals surface area contributed by atoms with Gasteiger partial charge in [0.05, 0.1) is 11.1 Å². The number of aromatic nitrogens is 1. The van der Waals surface area contributed by atoms with Gasteiger partial charge in [-0.15, -0.1) is 0 Å². The third-order valence-corrected chi connectivity index (χ3v) is 5.42. The first-order chi connectivity index (χ1) is 15.5. The van der Waals surface area contributed by atoms with Crippen LogP contribution in [0.5, 0.6) is 0 Å². The predicted molar refractivity (Wildman–Crippen MR) is 123 cm³/mol. The number of carboxylic acids is 2. The molecule has 1 atom stereocenters. The molecular formula is C25H28N2O5. The van der Waals surface area contributed by atoms with Gasteiger partial charge in [0.25, 0.3) is 0 Å². The molecule has 1 fully saturated rings. The minimum Gasteiger partial charge on any atom is -0.478 e. The van der Waals surface area contributed by atoms with Crippen molar-refractivity contribution in [3.63, 3.8) is 0 Å². The molecule has 1 aliphatic heterocycles. The molecule has 7 heteroatoms. The number of aliphatic carboxylic acids is 2. The summed E-state index contributed by atoms with van der Waals surface area (Å²) in [5, 5.41) is 21.3. The highest BCUT2D eigenvalue weighted by molar-refractivity contribution is 5.93. The molecule has 0 aliphatic carbocycles. The molecule has 0 bridgehead atoms. The fourth-order valence-corrected chi connectivity index (χ4v) is 3.94. The Kier molecular flexibility index (Phi) is 8.02. The number of hydrogen-bond donors (Lipinski definition) is 2. The number of benzene rings is 2. The molecule has 2 aromatic carbocycles. The average molecular weight is 437 g/mol. The zero-order chi connectivity index (χ0) is 22.9. The van der Waals surface area contributed by atoms with Gasteiger partial charge < -0.3 is 19.6 Å². The van der Waals surface area contributed by atoms with Gasteiger partial charge in [-0.2, -0.15) is 0 Å². The van der Waals surface area contributed by atoms with Gasteiger partial charge in [0.15, 0.2) is 5.58 Å². The molecule has 2 heterocycles. The molecule has 32 heavy (non-hydrogen) atoms. The SMILES string of the molecule is CC(Cc1ccccc1)c1noc2cccc(N3CCCCC3)c12.O=C(O)C=CC(=O)O. The fourth-order valence-electron chi connectivity index (χ4n) is 3.94. The summed E-state index contributed by atoms with van der Waals surface area (Å²) in [5.41, 5.74) is 4.64. The summed E-state index contributed by atoms with van der Waals surface area (Å²) in [5.74, 6) is -2.18. The van der Waals surface area contributed by atoms with Crippen LogP contribution in [0.4, 0.5) is 5.69 Å². The van der Waals surface area contributed by atoms with Crippen molar-refractivity contribution in [2.75, 3.05) is 18.0 Å². The van der Waals surface area contributed by atoms with Gasteiger partial charge in [0.1, 0.15) is 0 Å². The fraction of sp³-hybridized carbons (Fsp3) is 0.320. The van der Waals surface area contributed by atoms with E-state index in [4.69, 9.17) is 14.7 Å². The number of hydrogen-bond acceptors (Lipinski definition) is 5. The molecular weight excluding hydrogens is 408 g/mol. The van der Waals surface area contributed by atoms with Crippen molar-refractivity contribution in [1.29, 1.82) is 0 Å². The van der Waals surface area contributed by atoms with Crippen LogP contribution in [0.3, 0.4) is 0 Å². The molecule has 1 unspecified atom stereocenters. The second kappa shape index (κ2) is 11.1. The molecule has 0 radical (unpaired) electrons. The lowest BCUT2D eigenvalue weighted by atomic mass is 9.95. The maximum absolute atomic E-state index is 9.55. The molecule has 0 saturated carbocycles. The molecule has 2 N–H and O–H groups in total. The summed E-state index contributed by atoms with van der Waals surface area (Å²) < 4.78 is 5.66.